The maximum absolute atomic E-state index is 13.2. The fraction of sp³-hybridized carbons (Fsp3) is 0.538. The predicted molar refractivity (Wildman–Crippen MR) is 68.2 cm³/mol. The van der Waals surface area contributed by atoms with Gasteiger partial charge in [0, 0.05) is 13.6 Å². The van der Waals surface area contributed by atoms with Crippen molar-refractivity contribution < 1.29 is 4.39 Å². The minimum Gasteiger partial charge on any atom is -0.395 e. The van der Waals surface area contributed by atoms with Crippen molar-refractivity contribution in [2.45, 2.75) is 26.7 Å². The Balaban J connectivity index is 2.59. The molecule has 0 fully saturated rings. The number of rotatable bonds is 5. The average molecular weight is 224 g/mol. The molecule has 0 aliphatic rings. The molecule has 16 heavy (non-hydrogen) atoms. The highest BCUT2D eigenvalue weighted by atomic mass is 19.1. The van der Waals surface area contributed by atoms with E-state index < -0.39 is 0 Å². The van der Waals surface area contributed by atoms with Gasteiger partial charge in [0.1, 0.15) is 5.82 Å². The van der Waals surface area contributed by atoms with Gasteiger partial charge in [0.2, 0.25) is 0 Å². The van der Waals surface area contributed by atoms with Gasteiger partial charge in [-0.3, -0.25) is 0 Å². The summed E-state index contributed by atoms with van der Waals surface area (Å²) in [5.74, 6) is 0.367. The summed E-state index contributed by atoms with van der Waals surface area (Å²) in [5.41, 5.74) is 6.72. The standard InChI is InChI=1S/C13H21FN2/c1-10(2)6-5-9-16(3)12-8-4-7-11(14)13(12)15/h4,7-8,10H,5-6,9,15H2,1-3H3. The first-order chi connectivity index (χ1) is 7.52. The molecule has 0 atom stereocenters. The summed E-state index contributed by atoms with van der Waals surface area (Å²) < 4.78 is 13.2. The van der Waals surface area contributed by atoms with Gasteiger partial charge in [0.15, 0.2) is 0 Å². The van der Waals surface area contributed by atoms with Crippen molar-refractivity contribution in [3.05, 3.63) is 24.0 Å². The van der Waals surface area contributed by atoms with E-state index in [2.05, 4.69) is 13.8 Å². The van der Waals surface area contributed by atoms with Crippen LogP contribution in [0.3, 0.4) is 0 Å². The summed E-state index contributed by atoms with van der Waals surface area (Å²) in [5, 5.41) is 0. The number of nitrogens with zero attached hydrogens (tertiary/aromatic N) is 1. The van der Waals surface area contributed by atoms with Gasteiger partial charge in [-0.2, -0.15) is 0 Å². The second-order valence-corrected chi connectivity index (χ2v) is 4.63. The van der Waals surface area contributed by atoms with Crippen molar-refractivity contribution >= 4 is 11.4 Å². The summed E-state index contributed by atoms with van der Waals surface area (Å²) in [6.07, 6.45) is 2.28. The molecule has 0 aromatic heterocycles. The number of nitrogens with two attached hydrogens (primary N) is 1. The quantitative estimate of drug-likeness (QED) is 0.778. The Hall–Kier alpha value is -1.25. The predicted octanol–water partition coefficient (Wildman–Crippen LogP) is 3.28. The van der Waals surface area contributed by atoms with Crippen LogP contribution in [-0.2, 0) is 0 Å². The lowest BCUT2D eigenvalue weighted by Crippen LogP contribution is -2.20. The van der Waals surface area contributed by atoms with Gasteiger partial charge in [-0.1, -0.05) is 19.9 Å². The molecule has 1 rings (SSSR count). The fourth-order valence-electron chi connectivity index (χ4n) is 1.72. The lowest BCUT2D eigenvalue weighted by Gasteiger charge is -2.21. The first-order valence-electron chi connectivity index (χ1n) is 5.77. The Labute approximate surface area is 97.3 Å². The van der Waals surface area contributed by atoms with E-state index in [0.29, 0.717) is 5.92 Å². The van der Waals surface area contributed by atoms with E-state index in [1.165, 1.54) is 12.5 Å². The van der Waals surface area contributed by atoms with Crippen LogP contribution in [0.5, 0.6) is 0 Å². The molecule has 2 N–H and O–H groups in total. The second kappa shape index (κ2) is 5.73. The molecule has 0 aliphatic heterocycles. The third-order valence-corrected chi connectivity index (χ3v) is 2.72. The van der Waals surface area contributed by atoms with Crippen molar-refractivity contribution in [1.29, 1.82) is 0 Å². The molecule has 1 aromatic carbocycles. The lowest BCUT2D eigenvalue weighted by molar-refractivity contribution is 0.555. The molecule has 0 radical (unpaired) electrons. The van der Waals surface area contributed by atoms with Crippen LogP contribution in [0.4, 0.5) is 15.8 Å². The molecular formula is C13H21FN2. The van der Waals surface area contributed by atoms with Gasteiger partial charge < -0.3 is 10.6 Å². The largest absolute Gasteiger partial charge is 0.395 e. The van der Waals surface area contributed by atoms with Crippen molar-refractivity contribution in [2.24, 2.45) is 5.92 Å². The molecule has 0 saturated carbocycles. The Morgan fingerprint density at radius 1 is 1.38 bits per heavy atom. The van der Waals surface area contributed by atoms with Gasteiger partial charge in [-0.05, 0) is 30.9 Å². The number of halogens is 1. The van der Waals surface area contributed by atoms with Crippen LogP contribution in [-0.4, -0.2) is 13.6 Å². The van der Waals surface area contributed by atoms with Crippen LogP contribution < -0.4 is 10.6 Å². The molecule has 0 aliphatic carbocycles. The van der Waals surface area contributed by atoms with E-state index >= 15 is 0 Å². The highest BCUT2D eigenvalue weighted by Crippen LogP contribution is 2.24. The number of para-hydroxylation sites is 1. The van der Waals surface area contributed by atoms with E-state index in [1.54, 1.807) is 6.07 Å². The van der Waals surface area contributed by atoms with Crippen molar-refractivity contribution in [2.75, 3.05) is 24.2 Å². The zero-order valence-electron chi connectivity index (χ0n) is 10.3. The first kappa shape index (κ1) is 12.8. The van der Waals surface area contributed by atoms with Crippen molar-refractivity contribution in [3.8, 4) is 0 Å². The average Bonchev–Trinajstić information content (AvgIpc) is 2.21. The van der Waals surface area contributed by atoms with E-state index in [-0.39, 0.29) is 11.5 Å². The van der Waals surface area contributed by atoms with E-state index in [9.17, 15) is 4.39 Å². The molecule has 90 valence electrons. The summed E-state index contributed by atoms with van der Waals surface area (Å²) >= 11 is 0. The maximum atomic E-state index is 13.2. The monoisotopic (exact) mass is 224 g/mol. The number of anilines is 2. The van der Waals surface area contributed by atoms with E-state index in [4.69, 9.17) is 5.73 Å². The summed E-state index contributed by atoms with van der Waals surface area (Å²) in [7, 11) is 1.95. The zero-order chi connectivity index (χ0) is 12.1. The third-order valence-electron chi connectivity index (χ3n) is 2.72. The molecule has 0 saturated heterocycles. The minimum atomic E-state index is -0.340. The van der Waals surface area contributed by atoms with Gasteiger partial charge in [0.25, 0.3) is 0 Å². The van der Waals surface area contributed by atoms with Crippen LogP contribution in [0.15, 0.2) is 18.2 Å². The summed E-state index contributed by atoms with van der Waals surface area (Å²) in [6, 6.07) is 4.94. The normalized spacial score (nSPS) is 10.8. The highest BCUT2D eigenvalue weighted by Gasteiger charge is 2.08. The topological polar surface area (TPSA) is 29.3 Å². The smallest absolute Gasteiger partial charge is 0.148 e. The molecule has 1 aromatic rings. The Kier molecular flexibility index (Phi) is 4.59. The van der Waals surface area contributed by atoms with Gasteiger partial charge in [0.05, 0.1) is 11.4 Å². The van der Waals surface area contributed by atoms with Crippen LogP contribution in [0, 0.1) is 11.7 Å². The number of nitrogen functional groups attached to an aromatic ring is 1. The zero-order valence-corrected chi connectivity index (χ0v) is 10.3. The molecule has 2 nitrogen and oxygen atoms in total. The fourth-order valence-corrected chi connectivity index (χ4v) is 1.72. The van der Waals surface area contributed by atoms with Gasteiger partial charge >= 0.3 is 0 Å². The maximum Gasteiger partial charge on any atom is 0.148 e. The minimum absolute atomic E-state index is 0.245. The SMILES string of the molecule is CC(C)CCCN(C)c1cccc(F)c1N. The van der Waals surface area contributed by atoms with Gasteiger partial charge in [-0.15, -0.1) is 0 Å². The van der Waals surface area contributed by atoms with E-state index in [0.717, 1.165) is 18.7 Å². The molecule has 0 heterocycles. The van der Waals surface area contributed by atoms with Crippen LogP contribution >= 0.6 is 0 Å². The van der Waals surface area contributed by atoms with Crippen LogP contribution in [0.2, 0.25) is 0 Å². The van der Waals surface area contributed by atoms with Crippen molar-refractivity contribution in [1.82, 2.24) is 0 Å². The van der Waals surface area contributed by atoms with Gasteiger partial charge in [-0.25, -0.2) is 4.39 Å². The Morgan fingerprint density at radius 2 is 2.06 bits per heavy atom. The Bertz CT molecular complexity index is 337. The highest BCUT2D eigenvalue weighted by molar-refractivity contribution is 5.67. The number of hydrogen-bond acceptors (Lipinski definition) is 2. The molecule has 0 bridgehead atoms. The number of hydrogen-bond donors (Lipinski definition) is 1. The molecule has 0 amide bonds. The third kappa shape index (κ3) is 3.40. The molecule has 0 spiro atoms. The van der Waals surface area contributed by atoms with Crippen molar-refractivity contribution in [3.63, 3.8) is 0 Å². The summed E-state index contributed by atoms with van der Waals surface area (Å²) in [4.78, 5) is 2.01. The summed E-state index contributed by atoms with van der Waals surface area (Å²) in [6.45, 7) is 5.32. The lowest BCUT2D eigenvalue weighted by atomic mass is 10.1. The van der Waals surface area contributed by atoms with E-state index in [1.807, 2.05) is 18.0 Å². The van der Waals surface area contributed by atoms with Crippen LogP contribution in [0.1, 0.15) is 26.7 Å². The Morgan fingerprint density at radius 3 is 2.69 bits per heavy atom. The molecule has 0 unspecified atom stereocenters. The molecule has 3 heteroatoms. The first-order valence-corrected chi connectivity index (χ1v) is 5.77. The second-order valence-electron chi connectivity index (χ2n) is 4.63. The molecular weight excluding hydrogens is 203 g/mol. The number of benzene rings is 1. The van der Waals surface area contributed by atoms with Crippen LogP contribution in [0.25, 0.3) is 0 Å².